The average molecular weight is 167 g/mol. The van der Waals surface area contributed by atoms with E-state index in [4.69, 9.17) is 14.4 Å². The van der Waals surface area contributed by atoms with Crippen molar-refractivity contribution in [2.45, 2.75) is 0 Å². The Labute approximate surface area is 82.3 Å². The first-order valence-electron chi connectivity index (χ1n) is 0.548. The topological polar surface area (TPSA) is 94.7 Å². The Morgan fingerprint density at radius 1 is 1.29 bits per heavy atom. The largest absolute Gasteiger partial charge is 2.00 e. The molecule has 0 aromatic rings. The van der Waals surface area contributed by atoms with Crippen molar-refractivity contribution in [1.82, 2.24) is 0 Å². The zero-order chi connectivity index (χ0) is 3.58. The molecule has 0 heterocycles. The van der Waals surface area contributed by atoms with Crippen LogP contribution in [0.25, 0.3) is 0 Å². The first-order valence-corrected chi connectivity index (χ1v) is 1.64. The molecule has 0 radical (unpaired) electrons. The van der Waals surface area contributed by atoms with Crippen LogP contribution < -0.4 is 9.79 Å². The van der Waals surface area contributed by atoms with E-state index in [9.17, 15) is 0 Å². The average Bonchev–Trinajstić information content (AvgIpc) is 0.811. The Balaban J connectivity index is -0.0000000150. The molecule has 0 fully saturated rings. The summed E-state index contributed by atoms with van der Waals surface area (Å²) in [5.74, 6) is 0. The van der Waals surface area contributed by atoms with Gasteiger partial charge in [0.05, 0.1) is 0 Å². The summed E-state index contributed by atoms with van der Waals surface area (Å²) in [6.45, 7) is 0. The van der Waals surface area contributed by atoms with Crippen molar-refractivity contribution in [3.8, 4) is 0 Å². The Morgan fingerprint density at radius 3 is 1.29 bits per heavy atom. The van der Waals surface area contributed by atoms with Gasteiger partial charge in [0.1, 0.15) is 0 Å². The van der Waals surface area contributed by atoms with Crippen LogP contribution in [0.1, 0.15) is 0 Å². The van der Waals surface area contributed by atoms with Gasteiger partial charge in [0, 0.05) is 0 Å². The maximum atomic E-state index is 8.48. The Kier molecular flexibility index (Phi) is 52.0. The number of rotatable bonds is 0. The van der Waals surface area contributed by atoms with Gasteiger partial charge in [0.25, 0.3) is 8.25 Å². The van der Waals surface area contributed by atoms with E-state index in [1.165, 1.54) is 0 Å². The van der Waals surface area contributed by atoms with Crippen LogP contribution >= 0.6 is 8.25 Å². The molecule has 0 saturated heterocycles. The molecule has 4 nitrogen and oxygen atoms in total. The van der Waals surface area contributed by atoms with Gasteiger partial charge in [-0.3, -0.25) is 0 Å². The van der Waals surface area contributed by atoms with Gasteiger partial charge in [-0.2, -0.15) is 0 Å². The summed E-state index contributed by atoms with van der Waals surface area (Å²) in [7, 11) is -3.37. The number of hydrogen-bond acceptors (Lipinski definition) is 3. The minimum Gasteiger partial charge on any atom is -0.598 e. The fraction of sp³-hybridized carbons (Fsp3) is 0. The van der Waals surface area contributed by atoms with Crippen molar-refractivity contribution in [2.24, 2.45) is 0 Å². The molecule has 2 N–H and O–H groups in total. The molecule has 0 aliphatic heterocycles. The predicted octanol–water partition coefficient (Wildman–Crippen LogP) is -4.02. The van der Waals surface area contributed by atoms with Crippen LogP contribution in [0.2, 0.25) is 0 Å². The van der Waals surface area contributed by atoms with E-state index < -0.39 is 8.25 Å². The summed E-state index contributed by atoms with van der Waals surface area (Å²) in [5, 5.41) is 0. The van der Waals surface area contributed by atoms with Crippen LogP contribution in [0.15, 0.2) is 0 Å². The summed E-state index contributed by atoms with van der Waals surface area (Å²) in [6, 6.07) is 0. The third kappa shape index (κ3) is 82.5. The standard InChI is InChI=1S/Al.Ca.HO3P.H2O.3H/c;;1-4(2)3;;;;/h;;(H,1,2,3);1H2;;;/q;+2;;;;;/p-1. The molecule has 0 amide bonds. The second-order valence-electron chi connectivity index (χ2n) is 0.224. The van der Waals surface area contributed by atoms with E-state index in [1.807, 2.05) is 0 Å². The minimum absolute atomic E-state index is 0. The third-order valence-corrected chi connectivity index (χ3v) is 0. The molecule has 0 aromatic carbocycles. The molecule has 0 rings (SSSR count). The van der Waals surface area contributed by atoms with Crippen LogP contribution in [0.5, 0.6) is 0 Å². The van der Waals surface area contributed by atoms with E-state index >= 15 is 0 Å². The van der Waals surface area contributed by atoms with E-state index in [0.717, 1.165) is 0 Å². The molecule has 7 heavy (non-hydrogen) atoms. The van der Waals surface area contributed by atoms with Crippen molar-refractivity contribution in [3.63, 3.8) is 0 Å². The minimum atomic E-state index is -3.37. The summed E-state index contributed by atoms with van der Waals surface area (Å²) in [4.78, 5) is 17.0. The van der Waals surface area contributed by atoms with Gasteiger partial charge in [-0.05, 0) is 0 Å². The van der Waals surface area contributed by atoms with Crippen LogP contribution in [0, 0.1) is 0 Å². The molecule has 0 saturated carbocycles. The maximum Gasteiger partial charge on any atom is 2.00 e. The van der Waals surface area contributed by atoms with Crippen molar-refractivity contribution < 1.29 is 19.8 Å². The van der Waals surface area contributed by atoms with E-state index in [1.54, 1.807) is 0 Å². The third-order valence-electron chi connectivity index (χ3n) is 0. The van der Waals surface area contributed by atoms with Gasteiger partial charge in [-0.1, -0.05) is 4.57 Å². The van der Waals surface area contributed by atoms with Gasteiger partial charge in [0.15, 0.2) is 17.4 Å². The van der Waals surface area contributed by atoms with Crippen LogP contribution in [0.4, 0.5) is 0 Å². The smallest absolute Gasteiger partial charge is 0.598 e. The van der Waals surface area contributed by atoms with Gasteiger partial charge in [-0.25, -0.2) is 0 Å². The summed E-state index contributed by atoms with van der Waals surface area (Å²) < 4.78 is 8.48. The SMILES string of the molecule is O.O=[P+]([O-])[O-].[AlH3].[Ca+2]. The van der Waals surface area contributed by atoms with Gasteiger partial charge in [-0.15, -0.1) is 0 Å². The van der Waals surface area contributed by atoms with Crippen LogP contribution in [-0.2, 0) is 4.57 Å². The van der Waals surface area contributed by atoms with Crippen molar-refractivity contribution in [2.75, 3.05) is 0 Å². The molecular formula is H5AlCaO4P+. The molecule has 0 atom stereocenters. The van der Waals surface area contributed by atoms with Gasteiger partial charge >= 0.3 is 37.7 Å². The van der Waals surface area contributed by atoms with Crippen molar-refractivity contribution in [1.29, 1.82) is 0 Å². The Bertz CT molecular complexity index is 34.7. The fourth-order valence-corrected chi connectivity index (χ4v) is 0. The first-order chi connectivity index (χ1) is 1.73. The first kappa shape index (κ1) is 23.3. The molecule has 38 valence electrons. The summed E-state index contributed by atoms with van der Waals surface area (Å²) in [6.07, 6.45) is 0. The monoisotopic (exact) mass is 167 g/mol. The molecule has 0 spiro atoms. The van der Waals surface area contributed by atoms with Crippen molar-refractivity contribution in [3.05, 3.63) is 0 Å². The van der Waals surface area contributed by atoms with E-state index in [-0.39, 0.29) is 60.6 Å². The second kappa shape index (κ2) is 15.7. The zero-order valence-electron chi connectivity index (χ0n) is 2.88. The molecule has 7 heteroatoms. The number of hydrogen-bond donors (Lipinski definition) is 0. The quantitative estimate of drug-likeness (QED) is 0.271. The molecule has 0 unspecified atom stereocenters. The normalized spacial score (nSPS) is 3.71. The summed E-state index contributed by atoms with van der Waals surface area (Å²) >= 11 is 0. The maximum absolute atomic E-state index is 8.48. The molecule has 0 aliphatic carbocycles. The van der Waals surface area contributed by atoms with Crippen molar-refractivity contribution >= 4 is 63.4 Å². The van der Waals surface area contributed by atoms with E-state index in [2.05, 4.69) is 0 Å². The Hall–Kier alpha value is 1.77. The molecule has 0 aromatic heterocycles. The zero-order valence-corrected chi connectivity index (χ0v) is 5.98. The molecular weight excluding hydrogens is 162 g/mol. The second-order valence-corrected chi connectivity index (χ2v) is 0.671. The fourth-order valence-electron chi connectivity index (χ4n) is 0. The Morgan fingerprint density at radius 2 is 1.29 bits per heavy atom. The van der Waals surface area contributed by atoms with E-state index in [0.29, 0.717) is 0 Å². The summed E-state index contributed by atoms with van der Waals surface area (Å²) in [5.41, 5.74) is 0. The predicted molar refractivity (Wildman–Crippen MR) is 26.9 cm³/mol. The van der Waals surface area contributed by atoms with Crippen LogP contribution in [0.3, 0.4) is 0 Å². The van der Waals surface area contributed by atoms with Crippen LogP contribution in [-0.4, -0.2) is 60.6 Å². The van der Waals surface area contributed by atoms with Gasteiger partial charge in [0.2, 0.25) is 0 Å². The molecule has 0 aliphatic rings. The molecule has 0 bridgehead atoms. The van der Waals surface area contributed by atoms with Gasteiger partial charge < -0.3 is 15.3 Å².